The molecule has 0 heterocycles. The van der Waals surface area contributed by atoms with Crippen LogP contribution in [0.3, 0.4) is 0 Å². The van der Waals surface area contributed by atoms with Crippen molar-refractivity contribution >= 4 is 38.5 Å². The maximum atomic E-state index is 2.12. The molecule has 0 saturated carbocycles. The van der Waals surface area contributed by atoms with Gasteiger partial charge in [0.25, 0.3) is 0 Å². The van der Waals surface area contributed by atoms with Crippen molar-refractivity contribution in [3.63, 3.8) is 0 Å². The second-order valence-corrected chi connectivity index (χ2v) is 3.01. The van der Waals surface area contributed by atoms with Gasteiger partial charge in [-0.05, 0) is 0 Å². The van der Waals surface area contributed by atoms with Crippen LogP contribution >= 0.6 is 12.4 Å². The summed E-state index contributed by atoms with van der Waals surface area (Å²) in [4.78, 5) is 0. The first-order chi connectivity index (χ1) is 3.39. The van der Waals surface area contributed by atoms with Crippen LogP contribution in [0, 0.1) is 0 Å². The van der Waals surface area contributed by atoms with Gasteiger partial charge in [0.2, 0.25) is 0 Å². The van der Waals surface area contributed by atoms with Crippen LogP contribution in [0.4, 0.5) is 0 Å². The van der Waals surface area contributed by atoms with E-state index in [4.69, 9.17) is 0 Å². The molecule has 1 rings (SSSR count). The van der Waals surface area contributed by atoms with Gasteiger partial charge in [-0.15, -0.1) is 12.4 Å². The summed E-state index contributed by atoms with van der Waals surface area (Å²) < 4.78 is 1.41. The molecule has 0 aliphatic rings. The molecule has 2 nitrogen and oxygen atoms in total. The molecule has 0 amide bonds. The Bertz CT molecular complexity index is 146. The Labute approximate surface area is 79.8 Å². The third-order valence-corrected chi connectivity index (χ3v) is 1.73. The fourth-order valence-electron chi connectivity index (χ4n) is 0.438. The molecule has 10 heavy (non-hydrogen) atoms. The summed E-state index contributed by atoms with van der Waals surface area (Å²) in [6.45, 7) is 0. The first-order valence-corrected chi connectivity index (χ1v) is 3.59. The Kier molecular flexibility index (Phi) is 15.4. The van der Waals surface area contributed by atoms with E-state index in [0.29, 0.717) is 0 Å². The quantitative estimate of drug-likeness (QED) is 0.556. The van der Waals surface area contributed by atoms with Gasteiger partial charge in [0, 0.05) is 0 Å². The average molecular weight is 268 g/mol. The molecule has 0 bridgehead atoms. The van der Waals surface area contributed by atoms with E-state index in [0.717, 1.165) is 0 Å². The topological polar surface area (TPSA) is 63.0 Å². The second-order valence-electron chi connectivity index (χ2n) is 1.37. The minimum atomic E-state index is 0. The fraction of sp³-hybridized carbons (Fsp3) is 0. The molecular weight excluding hydrogens is 258 g/mol. The van der Waals surface area contributed by atoms with Crippen LogP contribution in [0.5, 0.6) is 0 Å². The number of benzene rings is 1. The van der Waals surface area contributed by atoms with E-state index in [-0.39, 0.29) is 23.4 Å². The second kappa shape index (κ2) is 9.23. The zero-order valence-electron chi connectivity index (χ0n) is 5.29. The SMILES string of the molecule is Cl.O.O.[Sn][c]1ccccc1. The van der Waals surface area contributed by atoms with Crippen molar-refractivity contribution in [3.05, 3.63) is 30.3 Å². The van der Waals surface area contributed by atoms with E-state index < -0.39 is 0 Å². The average Bonchev–Trinajstić information content (AvgIpc) is 1.69. The van der Waals surface area contributed by atoms with Crippen molar-refractivity contribution < 1.29 is 11.0 Å². The first-order valence-electron chi connectivity index (χ1n) is 2.16. The van der Waals surface area contributed by atoms with E-state index in [2.05, 4.69) is 24.3 Å². The van der Waals surface area contributed by atoms with E-state index in [1.165, 1.54) is 26.1 Å². The molecule has 57 valence electrons. The molecule has 1 aromatic rings. The van der Waals surface area contributed by atoms with E-state index in [9.17, 15) is 0 Å². The molecule has 0 fully saturated rings. The molecule has 0 atom stereocenters. The normalized spacial score (nSPS) is 6.10. The molecule has 4 heteroatoms. The molecule has 0 aliphatic carbocycles. The van der Waals surface area contributed by atoms with Gasteiger partial charge in [-0.25, -0.2) is 0 Å². The Morgan fingerprint density at radius 2 is 1.30 bits per heavy atom. The van der Waals surface area contributed by atoms with Crippen LogP contribution in [0.25, 0.3) is 0 Å². The third-order valence-electron chi connectivity index (χ3n) is 0.774. The number of hydrogen-bond acceptors (Lipinski definition) is 0. The molecule has 1 aromatic carbocycles. The summed E-state index contributed by atoms with van der Waals surface area (Å²) in [5, 5.41) is 0. The van der Waals surface area contributed by atoms with Gasteiger partial charge in [0.05, 0.1) is 0 Å². The summed E-state index contributed by atoms with van der Waals surface area (Å²) in [7, 11) is 0. The zero-order chi connectivity index (χ0) is 5.11. The van der Waals surface area contributed by atoms with Crippen LogP contribution in [0.1, 0.15) is 0 Å². The Morgan fingerprint density at radius 3 is 1.50 bits per heavy atom. The van der Waals surface area contributed by atoms with Crippen LogP contribution in [0.15, 0.2) is 30.3 Å². The van der Waals surface area contributed by atoms with Crippen molar-refractivity contribution in [2.24, 2.45) is 0 Å². The Hall–Kier alpha value is 0.229. The van der Waals surface area contributed by atoms with Crippen molar-refractivity contribution in [1.82, 2.24) is 0 Å². The molecule has 0 saturated heterocycles. The van der Waals surface area contributed by atoms with Gasteiger partial charge in [0.1, 0.15) is 0 Å². The molecule has 0 aliphatic heterocycles. The fourth-order valence-corrected chi connectivity index (χ4v) is 0.987. The summed E-state index contributed by atoms with van der Waals surface area (Å²) in [6.07, 6.45) is 0. The van der Waals surface area contributed by atoms with Gasteiger partial charge in [-0.3, -0.25) is 0 Å². The monoisotopic (exact) mass is 269 g/mol. The summed E-state index contributed by atoms with van der Waals surface area (Å²) in [5.41, 5.74) is 0. The zero-order valence-corrected chi connectivity index (χ0v) is 8.97. The predicted octanol–water partition coefficient (Wildman–Crippen LogP) is -0.747. The summed E-state index contributed by atoms with van der Waals surface area (Å²) in [5.74, 6) is 0. The molecule has 0 unspecified atom stereocenters. The van der Waals surface area contributed by atoms with Crippen molar-refractivity contribution in [1.29, 1.82) is 0 Å². The first kappa shape index (κ1) is 16.7. The van der Waals surface area contributed by atoms with Crippen molar-refractivity contribution in [3.8, 4) is 0 Å². The van der Waals surface area contributed by atoms with Crippen LogP contribution < -0.4 is 3.58 Å². The van der Waals surface area contributed by atoms with Crippen molar-refractivity contribution in [2.45, 2.75) is 0 Å². The molecular formula is C6H10ClO2Sn. The van der Waals surface area contributed by atoms with E-state index in [1.807, 2.05) is 6.07 Å². The van der Waals surface area contributed by atoms with Crippen molar-refractivity contribution in [2.75, 3.05) is 0 Å². The number of hydrogen-bond donors (Lipinski definition) is 0. The maximum absolute atomic E-state index is 2.12. The Balaban J connectivity index is -0.000000163. The standard InChI is InChI=1S/C6H5.ClH.2H2O.Sn/c1-2-4-6-5-3-1;;;;/h1-5H;1H;2*1H2;. The minimum absolute atomic E-state index is 0. The van der Waals surface area contributed by atoms with Crippen LogP contribution in [0.2, 0.25) is 0 Å². The van der Waals surface area contributed by atoms with Crippen LogP contribution in [-0.2, 0) is 0 Å². The number of halogens is 1. The summed E-state index contributed by atoms with van der Waals surface area (Å²) in [6, 6.07) is 10.4. The predicted molar refractivity (Wildman–Crippen MR) is 46.3 cm³/mol. The van der Waals surface area contributed by atoms with Gasteiger partial charge < -0.3 is 11.0 Å². The Morgan fingerprint density at radius 1 is 0.900 bits per heavy atom. The summed E-state index contributed by atoms with van der Waals surface area (Å²) >= 11 is 1.49. The van der Waals surface area contributed by atoms with E-state index in [1.54, 1.807) is 0 Å². The van der Waals surface area contributed by atoms with Gasteiger partial charge in [0.15, 0.2) is 0 Å². The van der Waals surface area contributed by atoms with Gasteiger partial charge in [-0.1, -0.05) is 0 Å². The molecule has 3 radical (unpaired) electrons. The van der Waals surface area contributed by atoms with Crippen LogP contribution in [-0.4, -0.2) is 33.5 Å². The third kappa shape index (κ3) is 6.35. The molecule has 0 aromatic heterocycles. The number of rotatable bonds is 0. The van der Waals surface area contributed by atoms with Gasteiger partial charge >= 0.3 is 56.4 Å². The van der Waals surface area contributed by atoms with Gasteiger partial charge in [-0.2, -0.15) is 0 Å². The molecule has 0 spiro atoms. The molecule has 4 N–H and O–H groups in total. The van der Waals surface area contributed by atoms with E-state index >= 15 is 0 Å².